The molecule has 5 nitrogen and oxygen atoms in total. The molecule has 2 N–H and O–H groups in total. The van der Waals surface area contributed by atoms with E-state index in [0.717, 1.165) is 0 Å². The summed E-state index contributed by atoms with van der Waals surface area (Å²) in [5, 5.41) is 7.76. The number of hydrogen-bond donors (Lipinski definition) is 2. The summed E-state index contributed by atoms with van der Waals surface area (Å²) in [7, 11) is 1.31. The van der Waals surface area contributed by atoms with Crippen molar-refractivity contribution in [1.82, 2.24) is 10.6 Å². The molecule has 0 fully saturated rings. The fourth-order valence-corrected chi connectivity index (χ4v) is 2.27. The number of carbonyl (C=O) groups is 2. The second-order valence-electron chi connectivity index (χ2n) is 3.92. The summed E-state index contributed by atoms with van der Waals surface area (Å²) in [6, 6.07) is 3.47. The van der Waals surface area contributed by atoms with Gasteiger partial charge >= 0.3 is 5.97 Å². The zero-order valence-corrected chi connectivity index (χ0v) is 11.5. The Morgan fingerprint density at radius 2 is 2.22 bits per heavy atom. The number of ether oxygens (including phenoxy) is 1. The Morgan fingerprint density at radius 1 is 1.50 bits per heavy atom. The van der Waals surface area contributed by atoms with E-state index < -0.39 is 12.0 Å². The molecular weight excluding hydrogens is 252 g/mol. The molecule has 0 aliphatic rings. The Kier molecular flexibility index (Phi) is 5.80. The van der Waals surface area contributed by atoms with Crippen LogP contribution < -0.4 is 10.6 Å². The molecule has 0 saturated carbocycles. The Morgan fingerprint density at radius 3 is 2.72 bits per heavy atom. The van der Waals surface area contributed by atoms with E-state index in [9.17, 15) is 9.59 Å². The van der Waals surface area contributed by atoms with Crippen molar-refractivity contribution in [2.45, 2.75) is 25.9 Å². The van der Waals surface area contributed by atoms with E-state index >= 15 is 0 Å². The lowest BCUT2D eigenvalue weighted by molar-refractivity contribution is -0.144. The third kappa shape index (κ3) is 4.46. The highest BCUT2D eigenvalue weighted by atomic mass is 32.1. The molecule has 1 amide bonds. The molecule has 0 saturated heterocycles. The highest BCUT2D eigenvalue weighted by Crippen LogP contribution is 2.17. The second-order valence-corrected chi connectivity index (χ2v) is 4.90. The van der Waals surface area contributed by atoms with Crippen molar-refractivity contribution in [3.63, 3.8) is 0 Å². The maximum absolute atomic E-state index is 11.5. The van der Waals surface area contributed by atoms with Gasteiger partial charge in [0.15, 0.2) is 0 Å². The Bertz CT molecular complexity index is 392. The third-order valence-electron chi connectivity index (χ3n) is 2.46. The molecule has 6 heteroatoms. The molecule has 18 heavy (non-hydrogen) atoms. The molecule has 2 atom stereocenters. The van der Waals surface area contributed by atoms with Crippen LogP contribution in [0, 0.1) is 0 Å². The van der Waals surface area contributed by atoms with Gasteiger partial charge in [-0.3, -0.25) is 4.79 Å². The van der Waals surface area contributed by atoms with Crippen LogP contribution >= 0.6 is 11.3 Å². The molecule has 0 aliphatic heterocycles. The van der Waals surface area contributed by atoms with Gasteiger partial charge < -0.3 is 15.4 Å². The summed E-state index contributed by atoms with van der Waals surface area (Å²) >= 11 is 1.64. The number of thiophene rings is 1. The predicted octanol–water partition coefficient (Wildman–Crippen LogP) is 1.08. The summed E-state index contributed by atoms with van der Waals surface area (Å²) in [5.41, 5.74) is 0. The van der Waals surface area contributed by atoms with Crippen molar-refractivity contribution in [2.75, 3.05) is 13.7 Å². The molecular formula is C12H18N2O3S. The number of rotatable bonds is 6. The first-order valence-corrected chi connectivity index (χ1v) is 6.54. The van der Waals surface area contributed by atoms with Gasteiger partial charge in [-0.15, -0.1) is 11.3 Å². The number of esters is 1. The number of amides is 1. The number of carbonyl (C=O) groups excluding carboxylic acids is 2. The van der Waals surface area contributed by atoms with Crippen LogP contribution in [0.5, 0.6) is 0 Å². The van der Waals surface area contributed by atoms with Gasteiger partial charge in [-0.2, -0.15) is 0 Å². The molecule has 1 heterocycles. The summed E-state index contributed by atoms with van der Waals surface area (Å²) < 4.78 is 4.65. The summed E-state index contributed by atoms with van der Waals surface area (Å²) in [6.45, 7) is 3.72. The van der Waals surface area contributed by atoms with E-state index in [0.29, 0.717) is 6.54 Å². The van der Waals surface area contributed by atoms with Crippen LogP contribution in [0.4, 0.5) is 0 Å². The molecule has 0 radical (unpaired) electrons. The predicted molar refractivity (Wildman–Crippen MR) is 70.4 cm³/mol. The Labute approximate surface area is 111 Å². The lowest BCUT2D eigenvalue weighted by Gasteiger charge is -2.19. The van der Waals surface area contributed by atoms with Crippen molar-refractivity contribution in [1.29, 1.82) is 0 Å². The van der Waals surface area contributed by atoms with E-state index in [-0.39, 0.29) is 11.9 Å². The van der Waals surface area contributed by atoms with Crippen LogP contribution in [0.3, 0.4) is 0 Å². The number of hydrogen-bond acceptors (Lipinski definition) is 5. The number of nitrogens with one attached hydrogen (secondary N) is 2. The van der Waals surface area contributed by atoms with Crippen molar-refractivity contribution in [3.05, 3.63) is 22.4 Å². The van der Waals surface area contributed by atoms with Gasteiger partial charge in [-0.25, -0.2) is 4.79 Å². The zero-order chi connectivity index (χ0) is 13.5. The van der Waals surface area contributed by atoms with Gasteiger partial charge in [-0.1, -0.05) is 6.07 Å². The van der Waals surface area contributed by atoms with Crippen LogP contribution in [-0.4, -0.2) is 31.6 Å². The normalized spacial score (nSPS) is 13.7. The molecule has 0 spiro atoms. The summed E-state index contributed by atoms with van der Waals surface area (Å²) in [5.74, 6) is -0.702. The van der Waals surface area contributed by atoms with E-state index in [1.165, 1.54) is 18.9 Å². The first-order valence-electron chi connectivity index (χ1n) is 5.66. The zero-order valence-electron chi connectivity index (χ0n) is 10.7. The van der Waals surface area contributed by atoms with E-state index in [1.807, 2.05) is 24.4 Å². The monoisotopic (exact) mass is 270 g/mol. The SMILES string of the molecule is COC(=O)C(CNC(C)c1cccs1)NC(C)=O. The smallest absolute Gasteiger partial charge is 0.329 e. The molecule has 1 aromatic rings. The molecule has 2 unspecified atom stereocenters. The third-order valence-corrected chi connectivity index (χ3v) is 3.52. The van der Waals surface area contributed by atoms with Gasteiger partial charge in [0.25, 0.3) is 0 Å². The first-order chi connectivity index (χ1) is 8.54. The van der Waals surface area contributed by atoms with Crippen LogP contribution in [0.25, 0.3) is 0 Å². The second kappa shape index (κ2) is 7.13. The molecule has 0 bridgehead atoms. The molecule has 0 aliphatic carbocycles. The van der Waals surface area contributed by atoms with E-state index in [4.69, 9.17) is 0 Å². The molecule has 1 rings (SSSR count). The van der Waals surface area contributed by atoms with Gasteiger partial charge in [0.05, 0.1) is 7.11 Å². The summed E-state index contributed by atoms with van der Waals surface area (Å²) in [6.07, 6.45) is 0. The van der Waals surface area contributed by atoms with Crippen molar-refractivity contribution in [3.8, 4) is 0 Å². The maximum atomic E-state index is 11.5. The minimum atomic E-state index is -0.657. The van der Waals surface area contributed by atoms with Crippen molar-refractivity contribution in [2.24, 2.45) is 0 Å². The quantitative estimate of drug-likeness (QED) is 0.759. The highest BCUT2D eigenvalue weighted by molar-refractivity contribution is 7.10. The Hall–Kier alpha value is -1.40. The number of methoxy groups -OCH3 is 1. The average Bonchev–Trinajstić information content (AvgIpc) is 2.86. The largest absolute Gasteiger partial charge is 0.467 e. The van der Waals surface area contributed by atoms with Gasteiger partial charge in [0.1, 0.15) is 6.04 Å². The van der Waals surface area contributed by atoms with Crippen LogP contribution in [0.1, 0.15) is 24.8 Å². The Balaban J connectivity index is 2.51. The minimum absolute atomic E-state index is 0.130. The van der Waals surface area contributed by atoms with Gasteiger partial charge in [0.2, 0.25) is 5.91 Å². The lowest BCUT2D eigenvalue weighted by Crippen LogP contribution is -2.47. The van der Waals surface area contributed by atoms with E-state index in [1.54, 1.807) is 11.3 Å². The lowest BCUT2D eigenvalue weighted by atomic mass is 10.2. The first kappa shape index (κ1) is 14.7. The maximum Gasteiger partial charge on any atom is 0.329 e. The van der Waals surface area contributed by atoms with Crippen LogP contribution in [-0.2, 0) is 14.3 Å². The van der Waals surface area contributed by atoms with Crippen LogP contribution in [0.2, 0.25) is 0 Å². The fraction of sp³-hybridized carbons (Fsp3) is 0.500. The fourth-order valence-electron chi connectivity index (χ4n) is 1.51. The van der Waals surface area contributed by atoms with Crippen molar-refractivity contribution >= 4 is 23.2 Å². The molecule has 1 aromatic heterocycles. The van der Waals surface area contributed by atoms with Crippen LogP contribution in [0.15, 0.2) is 17.5 Å². The molecule has 0 aromatic carbocycles. The summed E-state index contributed by atoms with van der Waals surface area (Å²) in [4.78, 5) is 23.7. The topological polar surface area (TPSA) is 67.4 Å². The molecule has 100 valence electrons. The van der Waals surface area contributed by atoms with Gasteiger partial charge in [0, 0.05) is 24.4 Å². The standard InChI is InChI=1S/C12H18N2O3S/c1-8(11-5-4-6-18-11)13-7-10(12(16)17-3)14-9(2)15/h4-6,8,10,13H,7H2,1-3H3,(H,14,15). The van der Waals surface area contributed by atoms with Crippen molar-refractivity contribution < 1.29 is 14.3 Å². The average molecular weight is 270 g/mol. The van der Waals surface area contributed by atoms with Gasteiger partial charge in [-0.05, 0) is 18.4 Å². The van der Waals surface area contributed by atoms with E-state index in [2.05, 4.69) is 15.4 Å². The highest BCUT2D eigenvalue weighted by Gasteiger charge is 2.20. The minimum Gasteiger partial charge on any atom is -0.467 e.